The van der Waals surface area contributed by atoms with E-state index >= 15 is 0 Å². The van der Waals surface area contributed by atoms with E-state index in [4.69, 9.17) is 9.84 Å². The minimum atomic E-state index is -0.630. The lowest BCUT2D eigenvalue weighted by Gasteiger charge is -2.25. The Hall–Kier alpha value is -1.62. The number of rotatable bonds is 7. The molecule has 2 aromatic rings. The van der Waals surface area contributed by atoms with Crippen LogP contribution in [0.1, 0.15) is 13.8 Å². The van der Waals surface area contributed by atoms with E-state index in [2.05, 4.69) is 5.32 Å². The number of ether oxygens (including phenoxy) is 1. The molecule has 21 heavy (non-hydrogen) atoms. The van der Waals surface area contributed by atoms with Crippen molar-refractivity contribution in [3.8, 4) is 5.75 Å². The normalized spacial score (nSPS) is 13.3. The number of fused-ring (bicyclic) bond motifs is 1. The van der Waals surface area contributed by atoms with E-state index in [1.54, 1.807) is 0 Å². The molecule has 0 saturated heterocycles. The highest BCUT2D eigenvalue weighted by Gasteiger charge is 2.17. The van der Waals surface area contributed by atoms with Gasteiger partial charge in [0.05, 0.1) is 6.61 Å². The van der Waals surface area contributed by atoms with Crippen LogP contribution in [-0.2, 0) is 0 Å². The second-order valence-electron chi connectivity index (χ2n) is 5.87. The van der Waals surface area contributed by atoms with Gasteiger partial charge in [-0.25, -0.2) is 0 Å². The molecule has 3 N–H and O–H groups in total. The molecule has 114 valence electrons. The minimum Gasteiger partial charge on any atom is -0.490 e. The van der Waals surface area contributed by atoms with E-state index in [0.717, 1.165) is 16.5 Å². The van der Waals surface area contributed by atoms with Crippen LogP contribution in [0.4, 0.5) is 0 Å². The summed E-state index contributed by atoms with van der Waals surface area (Å²) >= 11 is 0. The molecule has 2 aromatic carbocycles. The Morgan fingerprint density at radius 2 is 1.86 bits per heavy atom. The summed E-state index contributed by atoms with van der Waals surface area (Å²) in [5, 5.41) is 24.4. The van der Waals surface area contributed by atoms with E-state index in [0.29, 0.717) is 6.54 Å². The maximum absolute atomic E-state index is 9.97. The molecule has 2 rings (SSSR count). The van der Waals surface area contributed by atoms with E-state index < -0.39 is 11.6 Å². The van der Waals surface area contributed by atoms with Crippen LogP contribution < -0.4 is 10.1 Å². The molecule has 0 aliphatic rings. The minimum absolute atomic E-state index is 0.0178. The highest BCUT2D eigenvalue weighted by atomic mass is 16.5. The molecule has 0 bridgehead atoms. The number of benzene rings is 2. The largest absolute Gasteiger partial charge is 0.490 e. The average Bonchev–Trinajstić information content (AvgIpc) is 2.51. The second-order valence-corrected chi connectivity index (χ2v) is 5.87. The van der Waals surface area contributed by atoms with Crippen molar-refractivity contribution in [3.63, 3.8) is 0 Å². The molecule has 0 fully saturated rings. The van der Waals surface area contributed by atoms with Crippen LogP contribution in [-0.4, -0.2) is 41.6 Å². The van der Waals surface area contributed by atoms with Gasteiger partial charge in [-0.05, 0) is 25.3 Å². The Morgan fingerprint density at radius 1 is 1.14 bits per heavy atom. The number of nitrogens with one attached hydrogen (secondary N) is 1. The lowest BCUT2D eigenvalue weighted by molar-refractivity contribution is 0.0913. The van der Waals surface area contributed by atoms with Gasteiger partial charge in [0.15, 0.2) is 0 Å². The highest BCUT2D eigenvalue weighted by molar-refractivity contribution is 5.88. The summed E-state index contributed by atoms with van der Waals surface area (Å²) in [6, 6.07) is 13.9. The first kappa shape index (κ1) is 15.8. The molecule has 4 nitrogen and oxygen atoms in total. The van der Waals surface area contributed by atoms with Crippen LogP contribution >= 0.6 is 0 Å². The van der Waals surface area contributed by atoms with Gasteiger partial charge in [-0.2, -0.15) is 0 Å². The molecule has 0 radical (unpaired) electrons. The van der Waals surface area contributed by atoms with E-state index in [1.807, 2.05) is 56.3 Å². The van der Waals surface area contributed by atoms with E-state index in [9.17, 15) is 5.11 Å². The Bertz CT molecular complexity index is 578. The van der Waals surface area contributed by atoms with Gasteiger partial charge < -0.3 is 20.3 Å². The summed E-state index contributed by atoms with van der Waals surface area (Å²) < 4.78 is 5.73. The van der Waals surface area contributed by atoms with Gasteiger partial charge >= 0.3 is 0 Å². The zero-order chi connectivity index (χ0) is 15.3. The number of hydrogen-bond donors (Lipinski definition) is 3. The molecule has 0 saturated carbocycles. The SMILES string of the molecule is CC(C)(CO)NCC(O)COc1cccc2ccccc12. The molecule has 0 spiro atoms. The standard InChI is InChI=1S/C17H23NO3/c1-17(2,12-19)18-10-14(20)11-21-16-9-5-7-13-6-3-4-8-15(13)16/h3-9,14,18-20H,10-12H2,1-2H3. The highest BCUT2D eigenvalue weighted by Crippen LogP contribution is 2.25. The fourth-order valence-electron chi connectivity index (χ4n) is 2.02. The summed E-state index contributed by atoms with van der Waals surface area (Å²) in [6.07, 6.45) is -0.630. The van der Waals surface area contributed by atoms with Crippen molar-refractivity contribution in [1.82, 2.24) is 5.32 Å². The Morgan fingerprint density at radius 3 is 2.62 bits per heavy atom. The van der Waals surface area contributed by atoms with Crippen molar-refractivity contribution in [2.75, 3.05) is 19.8 Å². The Labute approximate surface area is 125 Å². The third kappa shape index (κ3) is 4.43. The molecule has 1 atom stereocenters. The van der Waals surface area contributed by atoms with Gasteiger partial charge in [-0.3, -0.25) is 0 Å². The molecule has 0 aliphatic heterocycles. The van der Waals surface area contributed by atoms with Crippen LogP contribution in [0.2, 0.25) is 0 Å². The fraction of sp³-hybridized carbons (Fsp3) is 0.412. The molecule has 0 heterocycles. The summed E-state index contributed by atoms with van der Waals surface area (Å²) in [6.45, 7) is 4.36. The first-order chi connectivity index (χ1) is 10.0. The molecular weight excluding hydrogens is 266 g/mol. The fourth-order valence-corrected chi connectivity index (χ4v) is 2.02. The lowest BCUT2D eigenvalue weighted by Crippen LogP contribution is -2.47. The molecule has 0 amide bonds. The molecule has 1 unspecified atom stereocenters. The number of aliphatic hydroxyl groups excluding tert-OH is 2. The zero-order valence-electron chi connectivity index (χ0n) is 12.5. The summed E-state index contributed by atoms with van der Waals surface area (Å²) in [7, 11) is 0. The smallest absolute Gasteiger partial charge is 0.127 e. The van der Waals surface area contributed by atoms with Crippen molar-refractivity contribution >= 4 is 10.8 Å². The molecule has 0 aliphatic carbocycles. The topological polar surface area (TPSA) is 61.7 Å². The van der Waals surface area contributed by atoms with Crippen LogP contribution in [0.15, 0.2) is 42.5 Å². The first-order valence-corrected chi connectivity index (χ1v) is 7.16. The Kier molecular flexibility index (Phi) is 5.17. The number of hydrogen-bond acceptors (Lipinski definition) is 4. The van der Waals surface area contributed by atoms with Crippen molar-refractivity contribution in [1.29, 1.82) is 0 Å². The monoisotopic (exact) mass is 289 g/mol. The van der Waals surface area contributed by atoms with Gasteiger partial charge in [0.1, 0.15) is 18.5 Å². The van der Waals surface area contributed by atoms with Crippen molar-refractivity contribution < 1.29 is 14.9 Å². The summed E-state index contributed by atoms with van der Waals surface area (Å²) in [5.41, 5.74) is -0.402. The summed E-state index contributed by atoms with van der Waals surface area (Å²) in [5.74, 6) is 0.772. The summed E-state index contributed by atoms with van der Waals surface area (Å²) in [4.78, 5) is 0. The average molecular weight is 289 g/mol. The predicted octanol–water partition coefficient (Wildman–Crippen LogP) is 1.94. The molecular formula is C17H23NO3. The lowest BCUT2D eigenvalue weighted by atomic mass is 10.1. The molecule has 4 heteroatoms. The van der Waals surface area contributed by atoms with Crippen molar-refractivity contribution in [3.05, 3.63) is 42.5 Å². The number of β-amino-alcohol motifs (C(OH)–C–C–N with tert-alkyl or cyclic N) is 1. The van der Waals surface area contributed by atoms with Gasteiger partial charge in [0.2, 0.25) is 0 Å². The van der Waals surface area contributed by atoms with E-state index in [1.165, 1.54) is 0 Å². The van der Waals surface area contributed by atoms with E-state index in [-0.39, 0.29) is 13.2 Å². The quantitative estimate of drug-likeness (QED) is 0.729. The maximum Gasteiger partial charge on any atom is 0.127 e. The molecule has 0 aromatic heterocycles. The van der Waals surface area contributed by atoms with Gasteiger partial charge in [-0.1, -0.05) is 36.4 Å². The van der Waals surface area contributed by atoms with Gasteiger partial charge in [-0.15, -0.1) is 0 Å². The van der Waals surface area contributed by atoms with Gasteiger partial charge in [0, 0.05) is 17.5 Å². The third-order valence-corrected chi connectivity index (χ3v) is 3.39. The van der Waals surface area contributed by atoms with Crippen LogP contribution in [0, 0.1) is 0 Å². The third-order valence-electron chi connectivity index (χ3n) is 3.39. The van der Waals surface area contributed by atoms with Gasteiger partial charge in [0.25, 0.3) is 0 Å². The van der Waals surface area contributed by atoms with Crippen LogP contribution in [0.3, 0.4) is 0 Å². The predicted molar refractivity (Wildman–Crippen MR) is 84.6 cm³/mol. The maximum atomic E-state index is 9.97. The van der Waals surface area contributed by atoms with Crippen LogP contribution in [0.5, 0.6) is 5.75 Å². The van der Waals surface area contributed by atoms with Crippen molar-refractivity contribution in [2.45, 2.75) is 25.5 Å². The van der Waals surface area contributed by atoms with Crippen molar-refractivity contribution in [2.24, 2.45) is 0 Å². The second kappa shape index (κ2) is 6.89. The number of aliphatic hydroxyl groups is 2. The van der Waals surface area contributed by atoms with Crippen LogP contribution in [0.25, 0.3) is 10.8 Å². The Balaban J connectivity index is 1.93. The first-order valence-electron chi connectivity index (χ1n) is 7.16. The zero-order valence-corrected chi connectivity index (χ0v) is 12.5.